The summed E-state index contributed by atoms with van der Waals surface area (Å²) in [7, 11) is -29.7. The van der Waals surface area contributed by atoms with Gasteiger partial charge >= 0.3 is 65.4 Å². The first-order chi connectivity index (χ1) is 18.7. The van der Waals surface area contributed by atoms with Gasteiger partial charge in [-0.1, -0.05) is 36.4 Å². The molecular weight excluding hydrogens is 1130 g/mol. The van der Waals surface area contributed by atoms with Crippen molar-refractivity contribution in [1.82, 2.24) is 0 Å². The standard InChI is InChI=1S/3C6H6O6S2.16H2O.2Y/c3*7-13(8,9)5-3-1-2-4-6(5)14(10,11)12;;;;;;;;;;;;;;;;;;/h3*1-4H,(H,7,8,9)(H,10,11,12);16*1H2;;/q;;;;;;;;;;;;;;;;;;;2*+3/p+6. The minimum atomic E-state index is -4.95. The minimum Gasteiger partial charge on any atom is -0.744 e. The molecule has 0 aliphatic carbocycles. The number of rotatable bonds is 6. The largest absolute Gasteiger partial charge is 3.00 e. The third-order valence-electron chi connectivity index (χ3n) is 4.16. The summed E-state index contributed by atoms with van der Waals surface area (Å²) in [5, 5.41) is 0. The fraction of sp³-hybridized carbons (Fsp3) is 0. The zero-order valence-electron chi connectivity index (χ0n) is 29.8. The van der Waals surface area contributed by atoms with Crippen LogP contribution >= 0.6 is 0 Å². The summed E-state index contributed by atoms with van der Waals surface area (Å²) in [6.07, 6.45) is 0. The van der Waals surface area contributed by atoms with Crippen LogP contribution in [0.1, 0.15) is 0 Å². The Morgan fingerprint density at radius 3 is 0.350 bits per heavy atom. The molecule has 60 heavy (non-hydrogen) atoms. The van der Waals surface area contributed by atoms with Gasteiger partial charge in [0.05, 0.1) is 29.4 Å². The second kappa shape index (κ2) is 44.3. The van der Waals surface area contributed by atoms with Crippen molar-refractivity contribution in [2.75, 3.05) is 0 Å². The first kappa shape index (κ1) is 118. The van der Waals surface area contributed by atoms with E-state index in [2.05, 4.69) is 0 Å². The Bertz CT molecular complexity index is 1750. The van der Waals surface area contributed by atoms with Crippen molar-refractivity contribution >= 4 is 60.7 Å². The maximum atomic E-state index is 10.5. The average Bonchev–Trinajstić information content (AvgIpc) is 2.82. The SMILES string of the molecule is O.O.O.O.O=S(=O)([O-])c1ccccc1S(=O)(=O)[O-].O=S(=O)([O-])c1ccccc1S(=O)(=O)[O-].O=S(=O)([O-])c1ccccc1S(=O)(=O)[O-].[OH3+].[OH3+].[OH3+].[OH3+].[OH3+].[OH3+].[OH3+].[OH3+].[OH3+].[OH3+].[OH3+].[OH3+].[Y+3].[Y+3]. The van der Waals surface area contributed by atoms with E-state index in [-0.39, 0.29) is 153 Å². The van der Waals surface area contributed by atoms with E-state index in [1.54, 1.807) is 0 Å². The Morgan fingerprint density at radius 2 is 0.300 bits per heavy atom. The summed E-state index contributed by atoms with van der Waals surface area (Å²) < 4.78 is 190. The summed E-state index contributed by atoms with van der Waals surface area (Å²) in [4.78, 5) is -6.11. The van der Waals surface area contributed by atoms with E-state index in [4.69, 9.17) is 0 Å². The normalized spacial score (nSPS) is 8.90. The zero-order chi connectivity index (χ0) is 32.9. The van der Waals surface area contributed by atoms with Crippen LogP contribution in [-0.4, -0.2) is 99.7 Å². The van der Waals surface area contributed by atoms with Gasteiger partial charge in [-0.05, 0) is 36.4 Å². The molecule has 0 saturated heterocycles. The molecule has 0 amide bonds. The van der Waals surface area contributed by atoms with Gasteiger partial charge in [-0.3, -0.25) is 0 Å². The smallest absolute Gasteiger partial charge is 0.744 e. The van der Waals surface area contributed by atoms with Gasteiger partial charge in [0.25, 0.3) is 0 Å². The maximum Gasteiger partial charge on any atom is 3.00 e. The first-order valence-corrected chi connectivity index (χ1v) is 18.2. The Balaban J connectivity index is -0.0000000240. The Kier molecular flexibility index (Phi) is 87.1. The molecule has 42 heteroatoms. The molecule has 0 bridgehead atoms. The number of hydrogen-bond donors (Lipinski definition) is 0. The fourth-order valence-corrected chi connectivity index (χ4v) is 7.78. The van der Waals surface area contributed by atoms with E-state index in [0.29, 0.717) is 0 Å². The predicted molar refractivity (Wildman–Crippen MR) is 200 cm³/mol. The van der Waals surface area contributed by atoms with Crippen LogP contribution in [0.2, 0.25) is 0 Å². The molecule has 0 aromatic heterocycles. The van der Waals surface area contributed by atoms with E-state index >= 15 is 0 Å². The second-order valence-corrected chi connectivity index (χ2v) is 15.2. The molecular formula is C18H56O34S6Y2+12. The van der Waals surface area contributed by atoms with E-state index in [1.807, 2.05) is 0 Å². The van der Waals surface area contributed by atoms with Gasteiger partial charge in [0.1, 0.15) is 60.7 Å². The topological polar surface area (TPSA) is 865 Å². The van der Waals surface area contributed by atoms with Crippen molar-refractivity contribution in [1.29, 1.82) is 0 Å². The van der Waals surface area contributed by atoms with Crippen LogP contribution in [0.4, 0.5) is 0 Å². The van der Waals surface area contributed by atoms with Crippen molar-refractivity contribution in [3.8, 4) is 0 Å². The first-order valence-electron chi connectivity index (χ1n) is 9.71. The maximum absolute atomic E-state index is 10.5. The van der Waals surface area contributed by atoms with E-state index in [0.717, 1.165) is 72.8 Å². The molecule has 0 aliphatic rings. The monoisotopic (exact) mass is 1190 g/mol. The van der Waals surface area contributed by atoms with Crippen LogP contribution in [0.3, 0.4) is 0 Å². The Morgan fingerprint density at radius 1 is 0.233 bits per heavy atom. The molecule has 362 valence electrons. The summed E-state index contributed by atoms with van der Waals surface area (Å²) in [5.74, 6) is 0. The van der Waals surface area contributed by atoms with E-state index < -0.39 is 90.1 Å². The Labute approximate surface area is 390 Å². The molecule has 0 unspecified atom stereocenters. The molecule has 0 saturated carbocycles. The Hall–Kier alpha value is -1.31. The van der Waals surface area contributed by atoms with Crippen LogP contribution in [0.5, 0.6) is 0 Å². The van der Waals surface area contributed by atoms with Crippen molar-refractivity contribution in [2.45, 2.75) is 29.4 Å². The van der Waals surface area contributed by atoms with Crippen LogP contribution in [0, 0.1) is 0 Å². The summed E-state index contributed by atoms with van der Waals surface area (Å²) >= 11 is 0. The van der Waals surface area contributed by atoms with Crippen molar-refractivity contribution in [3.05, 3.63) is 72.8 Å². The van der Waals surface area contributed by atoms with E-state index in [9.17, 15) is 77.8 Å². The number of benzene rings is 3. The van der Waals surface area contributed by atoms with Crippen molar-refractivity contribution in [3.63, 3.8) is 0 Å². The van der Waals surface area contributed by atoms with Gasteiger partial charge in [0.2, 0.25) is 0 Å². The molecule has 3 aromatic carbocycles. The minimum absolute atomic E-state index is 0. The van der Waals surface area contributed by atoms with Crippen molar-refractivity contribution in [2.24, 2.45) is 0 Å². The molecule has 0 radical (unpaired) electrons. The predicted octanol–water partition coefficient (Wildman–Crippen LogP) is -15.9. The van der Waals surface area contributed by atoms with Gasteiger partial charge in [-0.25, -0.2) is 50.5 Å². The third-order valence-corrected chi connectivity index (χ3v) is 9.92. The quantitative estimate of drug-likeness (QED) is 0.163. The van der Waals surface area contributed by atoms with Gasteiger partial charge in [-0.2, -0.15) is 0 Å². The van der Waals surface area contributed by atoms with Crippen molar-refractivity contribution < 1.29 is 231 Å². The van der Waals surface area contributed by atoms with Gasteiger partial charge in [0, 0.05) is 0 Å². The summed E-state index contributed by atoms with van der Waals surface area (Å²) in [5.41, 5.74) is 0. The molecule has 34 nitrogen and oxygen atoms in total. The molecule has 44 N–H and O–H groups in total. The molecule has 0 heterocycles. The summed E-state index contributed by atoms with van der Waals surface area (Å²) in [6.45, 7) is 0. The molecule has 0 atom stereocenters. The fourth-order valence-electron chi connectivity index (χ4n) is 2.59. The molecule has 0 aliphatic heterocycles. The van der Waals surface area contributed by atoms with Gasteiger partial charge < -0.3 is 115 Å². The molecule has 3 aromatic rings. The van der Waals surface area contributed by atoms with E-state index in [1.165, 1.54) is 0 Å². The average molecular weight is 1190 g/mol. The number of hydrogen-bond acceptors (Lipinski definition) is 18. The molecule has 0 spiro atoms. The van der Waals surface area contributed by atoms with Crippen LogP contribution < -0.4 is 0 Å². The summed E-state index contributed by atoms with van der Waals surface area (Å²) in [6, 6.07) is 11.5. The van der Waals surface area contributed by atoms with Gasteiger partial charge in [-0.15, -0.1) is 0 Å². The van der Waals surface area contributed by atoms with Crippen LogP contribution in [0.15, 0.2) is 102 Å². The van der Waals surface area contributed by atoms with Gasteiger partial charge in [0.15, 0.2) is 0 Å². The molecule has 0 fully saturated rings. The molecule has 3 rings (SSSR count). The van der Waals surface area contributed by atoms with Crippen LogP contribution in [-0.2, 0) is 192 Å². The van der Waals surface area contributed by atoms with Crippen LogP contribution in [0.25, 0.3) is 0 Å². The second-order valence-electron chi connectivity index (χ2n) is 7.06. The zero-order valence-corrected chi connectivity index (χ0v) is 40.4. The third kappa shape index (κ3) is 38.4.